The molecule has 3 rings (SSSR count). The van der Waals surface area contributed by atoms with Gasteiger partial charge in [0.05, 0.1) is 41.5 Å². The zero-order chi connectivity index (χ0) is 22.8. The second kappa shape index (κ2) is 8.75. The highest BCUT2D eigenvalue weighted by Crippen LogP contribution is 2.39. The van der Waals surface area contributed by atoms with Gasteiger partial charge in [0.1, 0.15) is 11.5 Å². The Morgan fingerprint density at radius 1 is 1.06 bits per heavy atom. The lowest BCUT2D eigenvalue weighted by Gasteiger charge is -2.34. The number of methoxy groups -OCH3 is 1. The van der Waals surface area contributed by atoms with Gasteiger partial charge < -0.3 is 14.2 Å². The van der Waals surface area contributed by atoms with Crippen LogP contribution in [-0.2, 0) is 29.4 Å². The summed E-state index contributed by atoms with van der Waals surface area (Å²) < 4.78 is 68.2. The summed E-state index contributed by atoms with van der Waals surface area (Å²) in [6.07, 6.45) is -1.20. The number of sulfone groups is 1. The topological polar surface area (TPSA) is 116 Å². The number of carbonyl (C=O) groups excluding carboxylic acids is 1. The summed E-state index contributed by atoms with van der Waals surface area (Å²) in [5.41, 5.74) is 0.0332. The number of fused-ring (bicyclic) bond motifs is 1. The molecule has 0 saturated heterocycles. The van der Waals surface area contributed by atoms with Crippen LogP contribution in [0.1, 0.15) is 13.8 Å². The molecule has 1 aliphatic rings. The number of sulfonamides is 1. The molecule has 0 aliphatic carbocycles. The van der Waals surface area contributed by atoms with E-state index in [0.717, 1.165) is 4.31 Å². The number of nitrogens with zero attached hydrogens (tertiary/aromatic N) is 1. The minimum Gasteiger partial charge on any atom is -0.497 e. The Balaban J connectivity index is 2.14. The van der Waals surface area contributed by atoms with Crippen molar-refractivity contribution in [1.82, 2.24) is 0 Å². The monoisotopic (exact) mass is 469 g/mol. The molecule has 0 saturated carbocycles. The molecule has 2 aromatic rings. The van der Waals surface area contributed by atoms with Gasteiger partial charge in [-0.1, -0.05) is 6.92 Å². The van der Waals surface area contributed by atoms with E-state index in [-0.39, 0.29) is 40.1 Å². The summed E-state index contributed by atoms with van der Waals surface area (Å²) in [7, 11) is -6.29. The normalized spacial score (nSPS) is 16.2. The summed E-state index contributed by atoms with van der Waals surface area (Å²) in [5, 5.41) is 0. The van der Waals surface area contributed by atoms with E-state index < -0.39 is 31.9 Å². The number of rotatable bonds is 7. The maximum Gasteiger partial charge on any atom is 0.349 e. The third kappa shape index (κ3) is 4.47. The first-order valence-corrected chi connectivity index (χ1v) is 12.6. The van der Waals surface area contributed by atoms with Crippen molar-refractivity contribution in [3.05, 3.63) is 42.5 Å². The minimum atomic E-state index is -4.16. The Kier molecular flexibility index (Phi) is 6.46. The fourth-order valence-corrected chi connectivity index (χ4v) is 5.42. The molecule has 0 N–H and O–H groups in total. The highest BCUT2D eigenvalue weighted by molar-refractivity contribution is 7.93. The van der Waals surface area contributed by atoms with Gasteiger partial charge in [-0.3, -0.25) is 4.31 Å². The molecule has 9 nitrogen and oxygen atoms in total. The first-order chi connectivity index (χ1) is 14.6. The van der Waals surface area contributed by atoms with Gasteiger partial charge in [0.15, 0.2) is 9.84 Å². The van der Waals surface area contributed by atoms with Gasteiger partial charge >= 0.3 is 5.97 Å². The van der Waals surface area contributed by atoms with Crippen LogP contribution in [0.5, 0.6) is 11.5 Å². The number of benzene rings is 2. The third-order valence-corrected chi connectivity index (χ3v) is 8.26. The number of hydrogen-bond donors (Lipinski definition) is 0. The molecule has 0 unspecified atom stereocenters. The lowest BCUT2D eigenvalue weighted by molar-refractivity contribution is -0.151. The molecule has 1 aliphatic heterocycles. The van der Waals surface area contributed by atoms with E-state index in [9.17, 15) is 21.6 Å². The van der Waals surface area contributed by atoms with Crippen LogP contribution < -0.4 is 13.8 Å². The van der Waals surface area contributed by atoms with Gasteiger partial charge in [0, 0.05) is 0 Å². The van der Waals surface area contributed by atoms with Gasteiger partial charge in [0.2, 0.25) is 6.10 Å². The quantitative estimate of drug-likeness (QED) is 0.566. The molecule has 11 heteroatoms. The Hall–Kier alpha value is -2.79. The molecule has 0 amide bonds. The largest absolute Gasteiger partial charge is 0.497 e. The molecule has 0 fully saturated rings. The predicted molar refractivity (Wildman–Crippen MR) is 113 cm³/mol. The summed E-state index contributed by atoms with van der Waals surface area (Å²) in [5.74, 6) is -0.324. The molecule has 0 spiro atoms. The zero-order valence-corrected chi connectivity index (χ0v) is 18.9. The van der Waals surface area contributed by atoms with Crippen molar-refractivity contribution >= 4 is 31.5 Å². The van der Waals surface area contributed by atoms with E-state index in [1.54, 1.807) is 6.92 Å². The van der Waals surface area contributed by atoms with Crippen molar-refractivity contribution in [3.63, 3.8) is 0 Å². The first kappa shape index (κ1) is 22.9. The van der Waals surface area contributed by atoms with Gasteiger partial charge in [-0.25, -0.2) is 21.6 Å². The van der Waals surface area contributed by atoms with Gasteiger partial charge in [0.25, 0.3) is 10.0 Å². The second-order valence-electron chi connectivity index (χ2n) is 6.60. The van der Waals surface area contributed by atoms with E-state index in [4.69, 9.17) is 14.2 Å². The van der Waals surface area contributed by atoms with E-state index in [1.165, 1.54) is 56.5 Å². The van der Waals surface area contributed by atoms with Crippen LogP contribution in [0.2, 0.25) is 0 Å². The van der Waals surface area contributed by atoms with Crippen molar-refractivity contribution in [3.8, 4) is 11.5 Å². The molecule has 0 radical (unpaired) electrons. The molecular formula is C20H23NO8S2. The van der Waals surface area contributed by atoms with Crippen molar-refractivity contribution in [2.75, 3.05) is 30.3 Å². The average Bonchev–Trinajstić information content (AvgIpc) is 2.78. The zero-order valence-electron chi connectivity index (χ0n) is 17.3. The highest BCUT2D eigenvalue weighted by atomic mass is 32.2. The SMILES string of the molecule is CCOC(=O)[C@@H]1CN(S(=O)(=O)c2ccc(OC)cc2)c2cc(S(=O)(=O)CC)ccc2O1. The summed E-state index contributed by atoms with van der Waals surface area (Å²) in [4.78, 5) is 12.2. The molecule has 31 heavy (non-hydrogen) atoms. The maximum atomic E-state index is 13.4. The number of anilines is 1. The Labute approximate surface area is 181 Å². The molecule has 168 valence electrons. The fourth-order valence-electron chi connectivity index (χ4n) is 3.05. The van der Waals surface area contributed by atoms with Gasteiger partial charge in [-0.15, -0.1) is 0 Å². The highest BCUT2D eigenvalue weighted by Gasteiger charge is 2.39. The summed E-state index contributed by atoms with van der Waals surface area (Å²) in [6, 6.07) is 9.65. The number of ether oxygens (including phenoxy) is 3. The van der Waals surface area contributed by atoms with E-state index in [0.29, 0.717) is 5.75 Å². The maximum absolute atomic E-state index is 13.4. The van der Waals surface area contributed by atoms with Crippen molar-refractivity contribution < 1.29 is 35.8 Å². The van der Waals surface area contributed by atoms with Crippen LogP contribution in [0, 0.1) is 0 Å². The van der Waals surface area contributed by atoms with E-state index in [2.05, 4.69) is 0 Å². The summed E-state index contributed by atoms with van der Waals surface area (Å²) in [6.45, 7) is 2.86. The first-order valence-electron chi connectivity index (χ1n) is 9.51. The number of esters is 1. The van der Waals surface area contributed by atoms with Crippen LogP contribution in [0.15, 0.2) is 52.3 Å². The predicted octanol–water partition coefficient (Wildman–Crippen LogP) is 2.01. The molecule has 2 aromatic carbocycles. The third-order valence-electron chi connectivity index (χ3n) is 4.74. The number of hydrogen-bond acceptors (Lipinski definition) is 8. The van der Waals surface area contributed by atoms with E-state index >= 15 is 0 Å². The Bertz CT molecular complexity index is 1170. The van der Waals surface area contributed by atoms with E-state index in [1.807, 2.05) is 0 Å². The second-order valence-corrected chi connectivity index (χ2v) is 10.7. The smallest absolute Gasteiger partial charge is 0.349 e. The van der Waals surface area contributed by atoms with Gasteiger partial charge in [-0.2, -0.15) is 0 Å². The van der Waals surface area contributed by atoms with Crippen LogP contribution in [0.4, 0.5) is 5.69 Å². The minimum absolute atomic E-state index is 0.0332. The average molecular weight is 470 g/mol. The molecular weight excluding hydrogens is 446 g/mol. The molecule has 0 aromatic heterocycles. The van der Waals surface area contributed by atoms with Crippen LogP contribution in [-0.4, -0.2) is 54.9 Å². The fraction of sp³-hybridized carbons (Fsp3) is 0.350. The molecule has 0 bridgehead atoms. The lowest BCUT2D eigenvalue weighted by atomic mass is 10.2. The van der Waals surface area contributed by atoms with Crippen LogP contribution >= 0.6 is 0 Å². The Morgan fingerprint density at radius 2 is 1.71 bits per heavy atom. The van der Waals surface area contributed by atoms with Crippen molar-refractivity contribution in [2.45, 2.75) is 29.7 Å². The van der Waals surface area contributed by atoms with Crippen molar-refractivity contribution in [1.29, 1.82) is 0 Å². The van der Waals surface area contributed by atoms with Crippen molar-refractivity contribution in [2.24, 2.45) is 0 Å². The van der Waals surface area contributed by atoms with Gasteiger partial charge in [-0.05, 0) is 49.4 Å². The Morgan fingerprint density at radius 3 is 2.29 bits per heavy atom. The molecule has 1 atom stereocenters. The lowest BCUT2D eigenvalue weighted by Crippen LogP contribution is -2.47. The number of carbonyl (C=O) groups is 1. The standard InChI is InChI=1S/C20H23NO8S2/c1-4-28-20(22)19-13-21(31(25,26)15-8-6-14(27-3)7-9-15)17-12-16(30(23,24)5-2)10-11-18(17)29-19/h6-12,19H,4-5,13H2,1-3H3/t19-/m0/s1. The summed E-state index contributed by atoms with van der Waals surface area (Å²) >= 11 is 0. The molecule has 1 heterocycles. The van der Waals surface area contributed by atoms with Crippen LogP contribution in [0.3, 0.4) is 0 Å². The van der Waals surface area contributed by atoms with Crippen LogP contribution in [0.25, 0.3) is 0 Å².